The van der Waals surface area contributed by atoms with Gasteiger partial charge in [-0.1, -0.05) is 48.0 Å². The number of pyridine rings is 1. The maximum absolute atomic E-state index is 13.3. The van der Waals surface area contributed by atoms with Crippen LogP contribution in [0.1, 0.15) is 32.9 Å². The molecule has 0 aliphatic heterocycles. The van der Waals surface area contributed by atoms with Gasteiger partial charge in [0.1, 0.15) is 0 Å². The number of carbonyl (C=O) groups is 1. The van der Waals surface area contributed by atoms with Crippen molar-refractivity contribution >= 4 is 22.6 Å². The quantitative estimate of drug-likeness (QED) is 0.428. The fourth-order valence-corrected chi connectivity index (χ4v) is 3.94. The van der Waals surface area contributed by atoms with E-state index in [0.717, 1.165) is 28.0 Å². The van der Waals surface area contributed by atoms with Crippen molar-refractivity contribution in [3.05, 3.63) is 101 Å². The van der Waals surface area contributed by atoms with Gasteiger partial charge in [0.05, 0.1) is 40.8 Å². The number of amides is 1. The fraction of sp³-hybridized carbons (Fsp3) is 0.154. The average molecular weight is 437 g/mol. The highest BCUT2D eigenvalue weighted by Gasteiger charge is 2.20. The van der Waals surface area contributed by atoms with Crippen LogP contribution in [0.5, 0.6) is 0 Å². The third-order valence-corrected chi connectivity index (χ3v) is 5.54. The molecule has 0 aliphatic rings. The summed E-state index contributed by atoms with van der Waals surface area (Å²) in [4.78, 5) is 18.0. The van der Waals surface area contributed by atoms with Gasteiger partial charge < -0.3 is 5.32 Å². The Morgan fingerprint density at radius 2 is 1.76 bits per heavy atom. The number of benzene rings is 2. The van der Waals surface area contributed by atoms with Crippen LogP contribution >= 0.6 is 0 Å². The number of aryl methyl sites for hydroxylation is 3. The smallest absolute Gasteiger partial charge is 0.256 e. The summed E-state index contributed by atoms with van der Waals surface area (Å²) in [5, 5.41) is 12.8. The molecule has 0 fully saturated rings. The Morgan fingerprint density at radius 1 is 1.00 bits per heavy atom. The standard InChI is InChI=1S/C26H24N6O/c1-17-9-11-20(12-10-17)15-31-16-21(14-27-31)29-26(33)23-13-18(2)28-25-24(23)19(3)30-32(25)22-7-5-4-6-8-22/h4-14,16H,15H2,1-3H3,(H,29,33). The van der Waals surface area contributed by atoms with Gasteiger partial charge in [-0.05, 0) is 44.5 Å². The highest BCUT2D eigenvalue weighted by Crippen LogP contribution is 2.25. The van der Waals surface area contributed by atoms with Crippen molar-refractivity contribution in [3.8, 4) is 5.69 Å². The minimum atomic E-state index is -0.212. The lowest BCUT2D eigenvalue weighted by molar-refractivity contribution is 0.102. The zero-order chi connectivity index (χ0) is 22.9. The third-order valence-electron chi connectivity index (χ3n) is 5.54. The van der Waals surface area contributed by atoms with E-state index in [1.54, 1.807) is 16.9 Å². The largest absolute Gasteiger partial charge is 0.319 e. The van der Waals surface area contributed by atoms with E-state index < -0.39 is 0 Å². The summed E-state index contributed by atoms with van der Waals surface area (Å²) in [7, 11) is 0. The SMILES string of the molecule is Cc1ccc(Cn2cc(NC(=O)c3cc(C)nc4c3c(C)nn4-c3ccccc3)cn2)cc1. The van der Waals surface area contributed by atoms with E-state index in [1.165, 1.54) is 5.56 Å². The molecular weight excluding hydrogens is 412 g/mol. The van der Waals surface area contributed by atoms with Crippen LogP contribution in [-0.2, 0) is 6.54 Å². The molecule has 5 rings (SSSR count). The highest BCUT2D eigenvalue weighted by atomic mass is 16.1. The van der Waals surface area contributed by atoms with Gasteiger partial charge in [-0.3, -0.25) is 9.48 Å². The van der Waals surface area contributed by atoms with Crippen LogP contribution in [0.2, 0.25) is 0 Å². The molecule has 0 spiro atoms. The average Bonchev–Trinajstić information content (AvgIpc) is 3.39. The van der Waals surface area contributed by atoms with Gasteiger partial charge in [0.2, 0.25) is 0 Å². The van der Waals surface area contributed by atoms with Crippen LogP contribution in [0, 0.1) is 20.8 Å². The van der Waals surface area contributed by atoms with Gasteiger partial charge in [0, 0.05) is 11.9 Å². The Kier molecular flexibility index (Phi) is 5.22. The zero-order valence-corrected chi connectivity index (χ0v) is 18.8. The summed E-state index contributed by atoms with van der Waals surface area (Å²) in [5.74, 6) is -0.212. The van der Waals surface area contributed by atoms with E-state index in [0.29, 0.717) is 23.4 Å². The molecule has 0 atom stereocenters. The van der Waals surface area contributed by atoms with Crippen LogP contribution in [0.4, 0.5) is 5.69 Å². The number of fused-ring (bicyclic) bond motifs is 1. The molecule has 7 nitrogen and oxygen atoms in total. The number of para-hydroxylation sites is 1. The molecule has 7 heteroatoms. The second kappa shape index (κ2) is 8.35. The molecule has 0 saturated carbocycles. The van der Waals surface area contributed by atoms with Crippen molar-refractivity contribution in [3.63, 3.8) is 0 Å². The number of anilines is 1. The lowest BCUT2D eigenvalue weighted by atomic mass is 10.1. The normalized spacial score (nSPS) is 11.1. The molecule has 0 bridgehead atoms. The molecule has 5 aromatic rings. The number of nitrogens with one attached hydrogen (secondary N) is 1. The topological polar surface area (TPSA) is 77.6 Å². The fourth-order valence-electron chi connectivity index (χ4n) is 3.94. The van der Waals surface area contributed by atoms with Gasteiger partial charge in [-0.2, -0.15) is 10.2 Å². The predicted octanol–water partition coefficient (Wildman–Crippen LogP) is 4.84. The molecule has 1 N–H and O–H groups in total. The van der Waals surface area contributed by atoms with Crippen LogP contribution < -0.4 is 5.32 Å². The summed E-state index contributed by atoms with van der Waals surface area (Å²) in [6.45, 7) is 6.48. The molecule has 33 heavy (non-hydrogen) atoms. The summed E-state index contributed by atoms with van der Waals surface area (Å²) in [6.07, 6.45) is 3.50. The zero-order valence-electron chi connectivity index (χ0n) is 18.8. The second-order valence-electron chi connectivity index (χ2n) is 8.21. The summed E-state index contributed by atoms with van der Waals surface area (Å²) >= 11 is 0. The lowest BCUT2D eigenvalue weighted by Crippen LogP contribution is -2.13. The molecular formula is C26H24N6O. The van der Waals surface area contributed by atoms with E-state index in [9.17, 15) is 4.79 Å². The summed E-state index contributed by atoms with van der Waals surface area (Å²) in [6, 6.07) is 19.9. The molecule has 2 aromatic carbocycles. The van der Waals surface area contributed by atoms with E-state index in [2.05, 4.69) is 51.7 Å². The maximum atomic E-state index is 13.3. The monoisotopic (exact) mass is 436 g/mol. The van der Waals surface area contributed by atoms with Crippen molar-refractivity contribution in [2.24, 2.45) is 0 Å². The van der Waals surface area contributed by atoms with Gasteiger partial charge in [-0.15, -0.1) is 0 Å². The molecule has 0 saturated heterocycles. The van der Waals surface area contributed by atoms with Gasteiger partial charge in [-0.25, -0.2) is 9.67 Å². The summed E-state index contributed by atoms with van der Waals surface area (Å²) in [5.41, 5.74) is 6.62. The molecule has 164 valence electrons. The first-order valence-electron chi connectivity index (χ1n) is 10.8. The minimum absolute atomic E-state index is 0.212. The van der Waals surface area contributed by atoms with E-state index in [1.807, 2.05) is 55.1 Å². The minimum Gasteiger partial charge on any atom is -0.319 e. The second-order valence-corrected chi connectivity index (χ2v) is 8.21. The van der Waals surface area contributed by atoms with Crippen molar-refractivity contribution in [1.29, 1.82) is 0 Å². The van der Waals surface area contributed by atoms with Crippen LogP contribution in [0.25, 0.3) is 16.7 Å². The number of aromatic nitrogens is 5. The highest BCUT2D eigenvalue weighted by molar-refractivity contribution is 6.12. The lowest BCUT2D eigenvalue weighted by Gasteiger charge is -2.07. The molecule has 3 aromatic heterocycles. The Labute approximate surface area is 191 Å². The first kappa shape index (κ1) is 20.6. The molecule has 0 radical (unpaired) electrons. The number of hydrogen-bond donors (Lipinski definition) is 1. The molecule has 3 heterocycles. The molecule has 1 amide bonds. The number of nitrogens with zero attached hydrogens (tertiary/aromatic N) is 5. The molecule has 0 aliphatic carbocycles. The van der Waals surface area contributed by atoms with E-state index in [4.69, 9.17) is 0 Å². The van der Waals surface area contributed by atoms with Crippen LogP contribution in [0.3, 0.4) is 0 Å². The maximum Gasteiger partial charge on any atom is 0.256 e. The van der Waals surface area contributed by atoms with Gasteiger partial charge in [0.25, 0.3) is 5.91 Å². The van der Waals surface area contributed by atoms with Crippen molar-refractivity contribution in [2.75, 3.05) is 5.32 Å². The third kappa shape index (κ3) is 4.13. The Balaban J connectivity index is 1.44. The van der Waals surface area contributed by atoms with Crippen LogP contribution in [-0.4, -0.2) is 30.5 Å². The summed E-state index contributed by atoms with van der Waals surface area (Å²) < 4.78 is 3.60. The van der Waals surface area contributed by atoms with Gasteiger partial charge >= 0.3 is 0 Å². The first-order chi connectivity index (χ1) is 16.0. The van der Waals surface area contributed by atoms with Crippen molar-refractivity contribution in [2.45, 2.75) is 27.3 Å². The number of carbonyl (C=O) groups excluding carboxylic acids is 1. The van der Waals surface area contributed by atoms with Gasteiger partial charge in [0.15, 0.2) is 5.65 Å². The predicted molar refractivity (Wildman–Crippen MR) is 129 cm³/mol. The van der Waals surface area contributed by atoms with Crippen molar-refractivity contribution in [1.82, 2.24) is 24.5 Å². The Morgan fingerprint density at radius 3 is 2.52 bits per heavy atom. The Bertz CT molecular complexity index is 1450. The molecule has 0 unspecified atom stereocenters. The first-order valence-corrected chi connectivity index (χ1v) is 10.8. The van der Waals surface area contributed by atoms with Crippen LogP contribution in [0.15, 0.2) is 73.1 Å². The number of hydrogen-bond acceptors (Lipinski definition) is 4. The van der Waals surface area contributed by atoms with E-state index >= 15 is 0 Å². The van der Waals surface area contributed by atoms with Crippen molar-refractivity contribution < 1.29 is 4.79 Å². The van der Waals surface area contributed by atoms with E-state index in [-0.39, 0.29) is 5.91 Å². The Hall–Kier alpha value is -4.26. The number of rotatable bonds is 5.